The van der Waals surface area contributed by atoms with Gasteiger partial charge in [-0.3, -0.25) is 27.1 Å². The maximum absolute atomic E-state index is 5.82. The summed E-state index contributed by atoms with van der Waals surface area (Å²) in [6.07, 6.45) is 0. The van der Waals surface area contributed by atoms with Gasteiger partial charge in [-0.2, -0.15) is 0 Å². The van der Waals surface area contributed by atoms with Gasteiger partial charge < -0.3 is 0 Å². The number of aromatic nitrogens is 10. The predicted octanol–water partition coefficient (Wildman–Crippen LogP) is 19.9. The first-order valence-electron chi connectivity index (χ1n) is 40.9. The van der Waals surface area contributed by atoms with Crippen LogP contribution >= 0.6 is 0 Å². The highest BCUT2D eigenvalue weighted by atomic mass is 28.3. The van der Waals surface area contributed by atoms with Crippen LogP contribution < -0.4 is 41.5 Å². The molecule has 8 aromatic heterocycles. The van der Waals surface area contributed by atoms with Gasteiger partial charge in [-0.15, -0.1) is 0 Å². The molecule has 0 saturated carbocycles. The molecule has 12 heteroatoms. The predicted molar refractivity (Wildman–Crippen MR) is 500 cm³/mol. The molecule has 16 aromatic carbocycles. The number of para-hydroxylation sites is 9. The van der Waals surface area contributed by atoms with Gasteiger partial charge in [-0.1, -0.05) is 334 Å². The van der Waals surface area contributed by atoms with Crippen molar-refractivity contribution in [3.63, 3.8) is 0 Å². The van der Waals surface area contributed by atoms with E-state index in [0.717, 1.165) is 145 Å². The molecule has 0 radical (unpaired) electrons. The van der Waals surface area contributed by atoms with Crippen LogP contribution in [0.25, 0.3) is 156 Å². The number of fused-ring (bicyclic) bond motifs is 16. The maximum atomic E-state index is 5.82. The molecule has 120 heavy (non-hydrogen) atoms. The number of pyridine rings is 2. The number of hydrogen-bond donors (Lipinski definition) is 0. The van der Waals surface area contributed by atoms with Crippen molar-refractivity contribution in [2.75, 3.05) is 0 Å². The number of rotatable bonds is 15. The first kappa shape index (κ1) is 68.8. The lowest BCUT2D eigenvalue weighted by atomic mass is 10.0. The Balaban J connectivity index is 0.662. The Morgan fingerprint density at radius 3 is 0.817 bits per heavy atom. The van der Waals surface area contributed by atoms with Crippen LogP contribution in [0.4, 0.5) is 0 Å². The zero-order chi connectivity index (χ0) is 79.0. The average molecular weight is 1570 g/mol. The minimum absolute atomic E-state index is 0.720. The fourth-order valence-corrected chi connectivity index (χ4v) is 29.2. The van der Waals surface area contributed by atoms with E-state index in [1.54, 1.807) is 0 Å². The van der Waals surface area contributed by atoms with Crippen LogP contribution in [-0.2, 0) is 0 Å². The van der Waals surface area contributed by atoms with Crippen LogP contribution in [0.15, 0.2) is 437 Å². The van der Waals surface area contributed by atoms with Crippen LogP contribution in [0.5, 0.6) is 0 Å². The van der Waals surface area contributed by atoms with Gasteiger partial charge in [0.05, 0.1) is 66.2 Å². The second-order valence-corrected chi connectivity index (χ2v) is 38.9. The van der Waals surface area contributed by atoms with E-state index >= 15 is 0 Å². The summed E-state index contributed by atoms with van der Waals surface area (Å²) in [6, 6.07) is 160. The molecule has 24 aromatic rings. The summed E-state index contributed by atoms with van der Waals surface area (Å²) < 4.78 is 13.8. The van der Waals surface area contributed by atoms with Crippen molar-refractivity contribution in [3.8, 4) is 56.7 Å². The molecular weight excluding hydrogens is 1490 g/mol. The SMILES string of the molecule is c1ccc([Si](c2ccccc2)(c2ccccc2)c2ccc(-c3cc(-n4c5ccccc5c5ccccc54)nc(-n4c5ccccc5c5cc(-c6ccc7c(c6)nc6n(-c8cc(-c9ccc([Si](c%10ccccc%10)(c%10ccccc%10)c%10ccccc%10)cc9)cc(-n9c%10ccccc%10n%10c%11ccccc%11nc9%10)n8)c8ccccc8n76)ccc54)c3)cc2)cc1. The molecule has 0 aliphatic rings. The minimum Gasteiger partial charge on any atom is -0.294 e. The Bertz CT molecular complexity index is 7890. The van der Waals surface area contributed by atoms with Crippen molar-refractivity contribution in [3.05, 3.63) is 437 Å². The van der Waals surface area contributed by atoms with Gasteiger partial charge in [0.15, 0.2) is 16.1 Å². The molecule has 0 unspecified atom stereocenters. The number of hydrogen-bond acceptors (Lipinski definition) is 4. The quantitative estimate of drug-likeness (QED) is 0.0757. The summed E-state index contributed by atoms with van der Waals surface area (Å²) in [5, 5.41) is 15.2. The molecule has 0 amide bonds. The minimum atomic E-state index is -2.86. The van der Waals surface area contributed by atoms with Crippen molar-refractivity contribution < 1.29 is 0 Å². The Kier molecular flexibility index (Phi) is 15.8. The molecule has 0 spiro atoms. The molecule has 0 aliphatic carbocycles. The van der Waals surface area contributed by atoms with Crippen molar-refractivity contribution in [2.24, 2.45) is 0 Å². The molecule has 24 rings (SSSR count). The largest absolute Gasteiger partial charge is 0.294 e. The van der Waals surface area contributed by atoms with Crippen LogP contribution in [0, 0.1) is 0 Å². The second kappa shape index (κ2) is 27.5. The van der Waals surface area contributed by atoms with Gasteiger partial charge >= 0.3 is 0 Å². The van der Waals surface area contributed by atoms with Gasteiger partial charge in [0.25, 0.3) is 0 Å². The highest BCUT2D eigenvalue weighted by Gasteiger charge is 2.43. The van der Waals surface area contributed by atoms with Gasteiger partial charge in [-0.05, 0) is 178 Å². The molecule has 0 saturated heterocycles. The molecular formula is C108H72N10Si2. The van der Waals surface area contributed by atoms with E-state index in [1.165, 1.54) is 52.3 Å². The fourth-order valence-electron chi connectivity index (χ4n) is 19.7. The molecule has 0 bridgehead atoms. The molecule has 0 fully saturated rings. The Labute approximate surface area is 692 Å². The van der Waals surface area contributed by atoms with Gasteiger partial charge in [0.1, 0.15) is 23.3 Å². The molecule has 0 atom stereocenters. The van der Waals surface area contributed by atoms with E-state index < -0.39 is 16.1 Å². The third-order valence-corrected chi connectivity index (χ3v) is 34.5. The van der Waals surface area contributed by atoms with Crippen molar-refractivity contribution >= 4 is 157 Å². The van der Waals surface area contributed by atoms with Crippen molar-refractivity contribution in [1.29, 1.82) is 0 Å². The molecule has 10 nitrogen and oxygen atoms in total. The third-order valence-electron chi connectivity index (χ3n) is 24.9. The Hall–Kier alpha value is -15.6. The smallest absolute Gasteiger partial charge is 0.221 e. The monoisotopic (exact) mass is 1560 g/mol. The second-order valence-electron chi connectivity index (χ2n) is 31.3. The zero-order valence-electron chi connectivity index (χ0n) is 65.0. The molecule has 0 N–H and O–H groups in total. The number of nitrogens with zero attached hydrogens (tertiary/aromatic N) is 10. The fraction of sp³-hybridized carbons (Fsp3) is 0. The highest BCUT2D eigenvalue weighted by Crippen LogP contribution is 2.41. The van der Waals surface area contributed by atoms with Gasteiger partial charge in [0.2, 0.25) is 11.6 Å². The lowest BCUT2D eigenvalue weighted by Crippen LogP contribution is -2.74. The van der Waals surface area contributed by atoms with E-state index in [9.17, 15) is 0 Å². The van der Waals surface area contributed by atoms with E-state index in [-0.39, 0.29) is 0 Å². The lowest BCUT2D eigenvalue weighted by Gasteiger charge is -2.34. The topological polar surface area (TPSA) is 80.1 Å². The summed E-state index contributed by atoms with van der Waals surface area (Å²) in [4.78, 5) is 22.8. The average Bonchev–Trinajstić information content (AvgIpc) is 1.55. The van der Waals surface area contributed by atoms with Crippen LogP contribution in [0.3, 0.4) is 0 Å². The Morgan fingerprint density at radius 2 is 0.425 bits per heavy atom. The first-order valence-corrected chi connectivity index (χ1v) is 44.9. The highest BCUT2D eigenvalue weighted by molar-refractivity contribution is 7.20. The number of imidazole rings is 4. The summed E-state index contributed by atoms with van der Waals surface area (Å²) in [5.41, 5.74) is 18.5. The molecule has 0 aliphatic heterocycles. The molecule has 8 heterocycles. The standard InChI is InChI=1S/C108H72N10Si2/c1-7-31-79(32-8-1)119(80-33-9-2-10-34-80,81-35-11-3-12-36-81)85-61-55-73(56-62-85)77-69-103(113-93-47-23-19-43-87(93)88-44-20-24-48-94(88)113)111-104(70-77)114-95-49-25-21-45-89(95)90-67-75(59-65-96(90)114)76-60-66-98-92(68-76)110-108-116(98)100-52-28-30-54-102(100)118(108)106-72-78(71-105(112-106)117-101-53-29-27-51-99(101)115-97-50-26-22-46-91(97)109-107(115)117)74-57-63-86(64-58-74)120(82-37-13-4-14-38-82,83-39-15-5-16-40-83)84-41-17-6-18-42-84/h1-72H. The van der Waals surface area contributed by atoms with Crippen molar-refractivity contribution in [2.45, 2.75) is 0 Å². The van der Waals surface area contributed by atoms with E-state index in [4.69, 9.17) is 19.9 Å². The zero-order valence-corrected chi connectivity index (χ0v) is 67.0. The van der Waals surface area contributed by atoms with Gasteiger partial charge in [0, 0.05) is 21.5 Å². The van der Waals surface area contributed by atoms with Crippen LogP contribution in [0.1, 0.15) is 0 Å². The summed E-state index contributed by atoms with van der Waals surface area (Å²) in [7, 11) is -5.68. The summed E-state index contributed by atoms with van der Waals surface area (Å²) in [5.74, 6) is 4.63. The van der Waals surface area contributed by atoms with Crippen molar-refractivity contribution in [1.82, 2.24) is 47.0 Å². The normalized spacial score (nSPS) is 12.2. The lowest BCUT2D eigenvalue weighted by molar-refractivity contribution is 0.983. The van der Waals surface area contributed by atoms with Crippen LogP contribution in [0.2, 0.25) is 0 Å². The number of benzene rings is 16. The summed E-state index contributed by atoms with van der Waals surface area (Å²) in [6.45, 7) is 0. The summed E-state index contributed by atoms with van der Waals surface area (Å²) >= 11 is 0. The van der Waals surface area contributed by atoms with E-state index in [0.29, 0.717) is 0 Å². The van der Waals surface area contributed by atoms with Gasteiger partial charge in [-0.25, -0.2) is 19.9 Å². The molecule has 562 valence electrons. The van der Waals surface area contributed by atoms with Crippen LogP contribution in [-0.4, -0.2) is 63.2 Å². The Morgan fingerprint density at radius 1 is 0.158 bits per heavy atom. The van der Waals surface area contributed by atoms with E-state index in [1.807, 2.05) is 0 Å². The third kappa shape index (κ3) is 10.5. The first-order chi connectivity index (χ1) is 59.5. The van der Waals surface area contributed by atoms with E-state index in [2.05, 4.69) is 464 Å². The maximum Gasteiger partial charge on any atom is 0.221 e.